The lowest BCUT2D eigenvalue weighted by molar-refractivity contribution is -0.129. The molecule has 5 heteroatoms. The van der Waals surface area contributed by atoms with Gasteiger partial charge in [-0.25, -0.2) is 0 Å². The molecule has 1 aromatic rings. The van der Waals surface area contributed by atoms with Gasteiger partial charge in [-0.15, -0.1) is 0 Å². The van der Waals surface area contributed by atoms with Crippen molar-refractivity contribution in [2.24, 2.45) is 0 Å². The fourth-order valence-corrected chi connectivity index (χ4v) is 2.53. The maximum Gasteiger partial charge on any atom is 0.158 e. The number of piperazine rings is 1. The summed E-state index contributed by atoms with van der Waals surface area (Å²) in [6, 6.07) is 3.82. The minimum atomic E-state index is -0.420. The van der Waals surface area contributed by atoms with Gasteiger partial charge in [0, 0.05) is 42.5 Å². The summed E-state index contributed by atoms with van der Waals surface area (Å²) in [5, 5.41) is 3.31. The van der Waals surface area contributed by atoms with Crippen LogP contribution in [0.2, 0.25) is 0 Å². The Morgan fingerprint density at radius 2 is 2.11 bits per heavy atom. The molecule has 0 saturated carbocycles. The van der Waals surface area contributed by atoms with Crippen molar-refractivity contribution in [2.45, 2.75) is 25.8 Å². The van der Waals surface area contributed by atoms with Crippen molar-refractivity contribution in [3.8, 4) is 0 Å². The van der Waals surface area contributed by atoms with Crippen LogP contribution in [0.1, 0.15) is 19.5 Å². The number of hydrogen-bond donors (Lipinski definition) is 1. The van der Waals surface area contributed by atoms with E-state index in [-0.39, 0.29) is 5.78 Å². The molecule has 2 rings (SSSR count). The van der Waals surface area contributed by atoms with Crippen LogP contribution in [0.4, 0.5) is 0 Å². The number of pyridine rings is 1. The van der Waals surface area contributed by atoms with Crippen LogP contribution >= 0.6 is 15.9 Å². The zero-order valence-corrected chi connectivity index (χ0v) is 13.0. The molecule has 2 heterocycles. The smallest absolute Gasteiger partial charge is 0.158 e. The second-order valence-corrected chi connectivity index (χ2v) is 6.28. The molecule has 1 N–H and O–H groups in total. The van der Waals surface area contributed by atoms with E-state index in [9.17, 15) is 4.79 Å². The van der Waals surface area contributed by atoms with Crippen molar-refractivity contribution in [3.63, 3.8) is 0 Å². The van der Waals surface area contributed by atoms with E-state index < -0.39 is 5.54 Å². The molecule has 4 nitrogen and oxygen atoms in total. The van der Waals surface area contributed by atoms with Gasteiger partial charge in [-0.3, -0.25) is 14.7 Å². The quantitative estimate of drug-likeness (QED) is 0.914. The molecule has 0 amide bonds. The first kappa shape index (κ1) is 14.6. The number of hydrogen-bond acceptors (Lipinski definition) is 4. The maximum absolute atomic E-state index is 12.5. The summed E-state index contributed by atoms with van der Waals surface area (Å²) < 4.78 is 0.935. The monoisotopic (exact) mass is 325 g/mol. The first-order valence-electron chi connectivity index (χ1n) is 6.59. The van der Waals surface area contributed by atoms with E-state index >= 15 is 0 Å². The zero-order valence-electron chi connectivity index (χ0n) is 11.4. The average Bonchev–Trinajstić information content (AvgIpc) is 2.42. The molecule has 1 aliphatic heterocycles. The van der Waals surface area contributed by atoms with Crippen LogP contribution in [-0.2, 0) is 11.2 Å². The van der Waals surface area contributed by atoms with Crippen LogP contribution < -0.4 is 5.32 Å². The fraction of sp³-hybridized carbons (Fsp3) is 0.571. The number of nitrogens with one attached hydrogen (secondary N) is 1. The molecule has 19 heavy (non-hydrogen) atoms. The largest absolute Gasteiger partial charge is 0.314 e. The highest BCUT2D eigenvalue weighted by Crippen LogP contribution is 2.19. The summed E-state index contributed by atoms with van der Waals surface area (Å²) in [5.41, 5.74) is 0.410. The van der Waals surface area contributed by atoms with Gasteiger partial charge in [0.2, 0.25) is 0 Å². The molecule has 0 spiro atoms. The van der Waals surface area contributed by atoms with E-state index in [2.05, 4.69) is 31.1 Å². The minimum absolute atomic E-state index is 0.226. The van der Waals surface area contributed by atoms with Gasteiger partial charge in [-0.1, -0.05) is 0 Å². The number of Topliss-reactive ketones (excluding diaryl/α,β-unsaturated/α-hetero) is 1. The molecule has 0 unspecified atom stereocenters. The van der Waals surface area contributed by atoms with E-state index in [1.807, 2.05) is 26.0 Å². The first-order chi connectivity index (χ1) is 9.00. The standard InChI is InChI=1S/C14H20BrN3O/c1-14(2,18-7-5-16-6-8-18)13(19)9-12-4-3-11(15)10-17-12/h3-4,10,16H,5-9H2,1-2H3. The molecule has 1 saturated heterocycles. The van der Waals surface area contributed by atoms with Crippen LogP contribution in [-0.4, -0.2) is 47.4 Å². The maximum atomic E-state index is 12.5. The minimum Gasteiger partial charge on any atom is -0.314 e. The van der Waals surface area contributed by atoms with Gasteiger partial charge in [0.05, 0.1) is 12.0 Å². The highest BCUT2D eigenvalue weighted by atomic mass is 79.9. The Labute approximate surface area is 122 Å². The summed E-state index contributed by atoms with van der Waals surface area (Å²) in [5.74, 6) is 0.226. The summed E-state index contributed by atoms with van der Waals surface area (Å²) in [4.78, 5) is 19.0. The lowest BCUT2D eigenvalue weighted by Crippen LogP contribution is -2.57. The fourth-order valence-electron chi connectivity index (χ4n) is 2.29. The van der Waals surface area contributed by atoms with Crippen molar-refractivity contribution >= 4 is 21.7 Å². The van der Waals surface area contributed by atoms with Crippen molar-refractivity contribution in [1.29, 1.82) is 0 Å². The number of aromatic nitrogens is 1. The summed E-state index contributed by atoms with van der Waals surface area (Å²) >= 11 is 3.35. The van der Waals surface area contributed by atoms with Crippen LogP contribution in [0.3, 0.4) is 0 Å². The van der Waals surface area contributed by atoms with Crippen molar-refractivity contribution in [3.05, 3.63) is 28.5 Å². The molecule has 1 aliphatic rings. The average molecular weight is 326 g/mol. The lowest BCUT2D eigenvalue weighted by atomic mass is 9.92. The predicted molar refractivity (Wildman–Crippen MR) is 79.2 cm³/mol. The molecule has 0 bridgehead atoms. The highest BCUT2D eigenvalue weighted by Gasteiger charge is 2.34. The number of nitrogens with zero attached hydrogens (tertiary/aromatic N) is 2. The number of ketones is 1. The van der Waals surface area contributed by atoms with Gasteiger partial charge in [0.15, 0.2) is 5.78 Å². The van der Waals surface area contributed by atoms with E-state index in [0.29, 0.717) is 6.42 Å². The van der Waals surface area contributed by atoms with Gasteiger partial charge < -0.3 is 5.32 Å². The molecular formula is C14H20BrN3O. The Morgan fingerprint density at radius 1 is 1.42 bits per heavy atom. The number of halogens is 1. The Bertz CT molecular complexity index is 439. The normalized spacial score (nSPS) is 17.4. The Hall–Kier alpha value is -0.780. The predicted octanol–water partition coefficient (Wildman–Crippen LogP) is 1.64. The second kappa shape index (κ2) is 6.11. The molecule has 0 radical (unpaired) electrons. The summed E-state index contributed by atoms with van der Waals surface area (Å²) in [6.07, 6.45) is 2.13. The van der Waals surface area contributed by atoms with Crippen molar-refractivity contribution in [1.82, 2.24) is 15.2 Å². The third-order valence-corrected chi connectivity index (χ3v) is 4.19. The zero-order chi connectivity index (χ0) is 13.9. The highest BCUT2D eigenvalue weighted by molar-refractivity contribution is 9.10. The van der Waals surface area contributed by atoms with Gasteiger partial charge in [-0.2, -0.15) is 0 Å². The number of carbonyl (C=O) groups excluding carboxylic acids is 1. The summed E-state index contributed by atoms with van der Waals surface area (Å²) in [7, 11) is 0. The molecule has 0 aliphatic carbocycles. The van der Waals surface area contributed by atoms with E-state index in [0.717, 1.165) is 36.3 Å². The second-order valence-electron chi connectivity index (χ2n) is 5.36. The lowest BCUT2D eigenvalue weighted by Gasteiger charge is -2.40. The van der Waals surface area contributed by atoms with E-state index in [4.69, 9.17) is 0 Å². The van der Waals surface area contributed by atoms with Gasteiger partial charge >= 0.3 is 0 Å². The Morgan fingerprint density at radius 3 is 2.68 bits per heavy atom. The molecule has 1 aromatic heterocycles. The topological polar surface area (TPSA) is 45.2 Å². The molecule has 0 aromatic carbocycles. The SMILES string of the molecule is CC(C)(C(=O)Cc1ccc(Br)cn1)N1CCNCC1. The van der Waals surface area contributed by atoms with Gasteiger partial charge in [0.1, 0.15) is 0 Å². The Kier molecular flexibility index (Phi) is 4.71. The molecule has 104 valence electrons. The molecule has 0 atom stereocenters. The molecule has 1 fully saturated rings. The van der Waals surface area contributed by atoms with Crippen LogP contribution in [0.5, 0.6) is 0 Å². The van der Waals surface area contributed by atoms with Crippen molar-refractivity contribution < 1.29 is 4.79 Å². The number of rotatable bonds is 4. The number of carbonyl (C=O) groups is 1. The van der Waals surface area contributed by atoms with Crippen LogP contribution in [0, 0.1) is 0 Å². The van der Waals surface area contributed by atoms with Gasteiger partial charge in [0.25, 0.3) is 0 Å². The van der Waals surface area contributed by atoms with Crippen molar-refractivity contribution in [2.75, 3.05) is 26.2 Å². The summed E-state index contributed by atoms with van der Waals surface area (Å²) in [6.45, 7) is 7.78. The van der Waals surface area contributed by atoms with E-state index in [1.54, 1.807) is 6.20 Å². The van der Waals surface area contributed by atoms with Gasteiger partial charge in [-0.05, 0) is 41.9 Å². The third-order valence-electron chi connectivity index (χ3n) is 3.72. The van der Waals surface area contributed by atoms with Crippen LogP contribution in [0.15, 0.2) is 22.8 Å². The first-order valence-corrected chi connectivity index (χ1v) is 7.39. The Balaban J connectivity index is 2.03. The molecular weight excluding hydrogens is 306 g/mol. The van der Waals surface area contributed by atoms with E-state index in [1.165, 1.54) is 0 Å². The third kappa shape index (κ3) is 3.61. The van der Waals surface area contributed by atoms with Crippen LogP contribution in [0.25, 0.3) is 0 Å².